The summed E-state index contributed by atoms with van der Waals surface area (Å²) in [5, 5.41) is 11.5. The number of hydrogen-bond donors (Lipinski definition) is 2. The van der Waals surface area contributed by atoms with Crippen LogP contribution in [-0.2, 0) is 29.1 Å². The largest absolute Gasteiger partial charge is 0.497 e. The van der Waals surface area contributed by atoms with Crippen molar-refractivity contribution in [3.63, 3.8) is 0 Å². The minimum atomic E-state index is 0.579. The molecule has 1 aromatic carbocycles. The van der Waals surface area contributed by atoms with Gasteiger partial charge in [-0.25, -0.2) is 4.99 Å². The highest BCUT2D eigenvalue weighted by Gasteiger charge is 2.12. The van der Waals surface area contributed by atoms with E-state index in [0.29, 0.717) is 19.7 Å². The molecule has 2 N–H and O–H groups in total. The molecule has 0 fully saturated rings. The molecule has 2 aromatic rings. The van der Waals surface area contributed by atoms with Crippen molar-refractivity contribution >= 4 is 5.96 Å². The van der Waals surface area contributed by atoms with E-state index in [1.54, 1.807) is 14.2 Å². The van der Waals surface area contributed by atoms with E-state index in [-0.39, 0.29) is 0 Å². The second-order valence-corrected chi connectivity index (χ2v) is 7.21. The summed E-state index contributed by atoms with van der Waals surface area (Å²) in [7, 11) is 3.37. The van der Waals surface area contributed by atoms with Gasteiger partial charge in [-0.15, -0.1) is 0 Å². The van der Waals surface area contributed by atoms with Gasteiger partial charge in [0, 0.05) is 44.7 Å². The Morgan fingerprint density at radius 3 is 2.55 bits per heavy atom. The van der Waals surface area contributed by atoms with E-state index in [2.05, 4.69) is 22.7 Å². The Labute approximate surface area is 186 Å². The second kappa shape index (κ2) is 13.7. The van der Waals surface area contributed by atoms with Crippen LogP contribution in [0.4, 0.5) is 0 Å². The average molecular weight is 432 g/mol. The van der Waals surface area contributed by atoms with Gasteiger partial charge in [0.2, 0.25) is 0 Å². The summed E-state index contributed by atoms with van der Waals surface area (Å²) in [6, 6.07) is 7.97. The number of aryl methyl sites for hydroxylation is 1. The number of aromatic nitrogens is 2. The van der Waals surface area contributed by atoms with Gasteiger partial charge in [-0.1, -0.05) is 12.1 Å². The van der Waals surface area contributed by atoms with Crippen LogP contribution in [0, 0.1) is 13.8 Å². The molecule has 1 aromatic heterocycles. The molecule has 0 bridgehead atoms. The molecule has 1 heterocycles. The minimum Gasteiger partial charge on any atom is -0.497 e. The Bertz CT molecular complexity index is 802. The first-order chi connectivity index (χ1) is 15.1. The van der Waals surface area contributed by atoms with Gasteiger partial charge in [-0.3, -0.25) is 4.68 Å². The topological polar surface area (TPSA) is 81.9 Å². The summed E-state index contributed by atoms with van der Waals surface area (Å²) < 4.78 is 17.8. The fourth-order valence-electron chi connectivity index (χ4n) is 3.16. The highest BCUT2D eigenvalue weighted by molar-refractivity contribution is 5.79. The molecule has 0 aliphatic rings. The van der Waals surface area contributed by atoms with E-state index in [1.165, 1.54) is 5.56 Å². The second-order valence-electron chi connectivity index (χ2n) is 7.21. The first-order valence-electron chi connectivity index (χ1n) is 10.8. The monoisotopic (exact) mass is 431 g/mol. The van der Waals surface area contributed by atoms with E-state index in [4.69, 9.17) is 19.2 Å². The molecule has 0 unspecified atom stereocenters. The van der Waals surface area contributed by atoms with Crippen molar-refractivity contribution in [1.29, 1.82) is 0 Å². The van der Waals surface area contributed by atoms with Crippen molar-refractivity contribution in [2.24, 2.45) is 4.99 Å². The van der Waals surface area contributed by atoms with Crippen LogP contribution in [0.25, 0.3) is 0 Å². The van der Waals surface area contributed by atoms with Crippen molar-refractivity contribution in [2.45, 2.75) is 46.8 Å². The fourth-order valence-corrected chi connectivity index (χ4v) is 3.16. The molecule has 0 amide bonds. The molecule has 31 heavy (non-hydrogen) atoms. The zero-order valence-electron chi connectivity index (χ0n) is 19.5. The van der Waals surface area contributed by atoms with Crippen molar-refractivity contribution < 1.29 is 14.2 Å². The Morgan fingerprint density at radius 2 is 1.87 bits per heavy atom. The lowest BCUT2D eigenvalue weighted by Crippen LogP contribution is -2.38. The molecule has 0 saturated carbocycles. The number of nitrogens with zero attached hydrogens (tertiary/aromatic N) is 3. The summed E-state index contributed by atoms with van der Waals surface area (Å²) in [5.41, 5.74) is 4.47. The van der Waals surface area contributed by atoms with Crippen LogP contribution < -0.4 is 15.4 Å². The lowest BCUT2D eigenvalue weighted by atomic mass is 10.2. The number of nitrogens with one attached hydrogen (secondary N) is 2. The summed E-state index contributed by atoms with van der Waals surface area (Å²) in [6.07, 6.45) is 0.921. The van der Waals surface area contributed by atoms with E-state index in [0.717, 1.165) is 61.4 Å². The first-order valence-corrected chi connectivity index (χ1v) is 10.8. The fraction of sp³-hybridized carbons (Fsp3) is 0.565. The molecule has 172 valence electrons. The molecule has 0 saturated heterocycles. The number of ether oxygens (including phenoxy) is 3. The number of methoxy groups -OCH3 is 2. The Morgan fingerprint density at radius 1 is 1.10 bits per heavy atom. The van der Waals surface area contributed by atoms with Gasteiger partial charge in [-0.2, -0.15) is 5.10 Å². The van der Waals surface area contributed by atoms with Crippen LogP contribution in [0.3, 0.4) is 0 Å². The van der Waals surface area contributed by atoms with Gasteiger partial charge in [-0.05, 0) is 44.9 Å². The van der Waals surface area contributed by atoms with Crippen LogP contribution >= 0.6 is 0 Å². The molecule has 0 aliphatic carbocycles. The third-order valence-corrected chi connectivity index (χ3v) is 5.01. The quantitative estimate of drug-likeness (QED) is 0.288. The molecule has 0 atom stereocenters. The van der Waals surface area contributed by atoms with Gasteiger partial charge in [0.25, 0.3) is 0 Å². The summed E-state index contributed by atoms with van der Waals surface area (Å²) >= 11 is 0. The Hall–Kier alpha value is -2.58. The lowest BCUT2D eigenvalue weighted by molar-refractivity contribution is 0.145. The van der Waals surface area contributed by atoms with Gasteiger partial charge in [0.05, 0.1) is 32.5 Å². The average Bonchev–Trinajstić information content (AvgIpc) is 3.06. The first kappa shape index (κ1) is 24.7. The van der Waals surface area contributed by atoms with Crippen molar-refractivity contribution in [3.05, 3.63) is 46.8 Å². The van der Waals surface area contributed by atoms with E-state index in [9.17, 15) is 0 Å². The van der Waals surface area contributed by atoms with Crippen LogP contribution in [0.5, 0.6) is 5.75 Å². The van der Waals surface area contributed by atoms with Crippen molar-refractivity contribution in [3.8, 4) is 5.75 Å². The third-order valence-electron chi connectivity index (χ3n) is 5.01. The zero-order chi connectivity index (χ0) is 22.5. The predicted octanol–water partition coefficient (Wildman–Crippen LogP) is 2.82. The highest BCUT2D eigenvalue weighted by atomic mass is 16.5. The number of rotatable bonds is 13. The number of guanidine groups is 1. The van der Waals surface area contributed by atoms with Gasteiger partial charge >= 0.3 is 0 Å². The maximum absolute atomic E-state index is 5.43. The molecule has 0 radical (unpaired) electrons. The normalized spacial score (nSPS) is 11.6. The SMILES string of the molecule is CCOCCCNC(=NCc1ccc(OC)cc1)NCc1c(C)nn(CCOC)c1C. The minimum absolute atomic E-state index is 0.579. The molecule has 8 heteroatoms. The predicted molar refractivity (Wildman–Crippen MR) is 124 cm³/mol. The Kier molecular flexibility index (Phi) is 10.9. The molecular formula is C23H37N5O3. The smallest absolute Gasteiger partial charge is 0.191 e. The van der Waals surface area contributed by atoms with Crippen LogP contribution in [0.15, 0.2) is 29.3 Å². The molecule has 8 nitrogen and oxygen atoms in total. The molecule has 0 spiro atoms. The van der Waals surface area contributed by atoms with Crippen LogP contribution in [-0.4, -0.2) is 56.3 Å². The van der Waals surface area contributed by atoms with Gasteiger partial charge in [0.15, 0.2) is 5.96 Å². The molecular weight excluding hydrogens is 394 g/mol. The van der Waals surface area contributed by atoms with Crippen LogP contribution in [0.2, 0.25) is 0 Å². The number of aliphatic imine (C=N–C) groups is 1. The number of benzene rings is 1. The maximum atomic E-state index is 5.43. The standard InChI is InChI=1S/C23H37N5O3/c1-6-31-14-7-12-24-23(25-16-20-8-10-21(30-5)11-9-20)26-17-22-18(2)27-28(19(22)3)13-15-29-4/h8-11H,6-7,12-17H2,1-5H3,(H2,24,25,26). The summed E-state index contributed by atoms with van der Waals surface area (Å²) in [4.78, 5) is 4.76. The third kappa shape index (κ3) is 8.22. The lowest BCUT2D eigenvalue weighted by Gasteiger charge is -2.13. The number of hydrogen-bond acceptors (Lipinski definition) is 5. The van der Waals surface area contributed by atoms with Crippen LogP contribution in [0.1, 0.15) is 35.9 Å². The zero-order valence-corrected chi connectivity index (χ0v) is 19.5. The highest BCUT2D eigenvalue weighted by Crippen LogP contribution is 2.13. The maximum Gasteiger partial charge on any atom is 0.191 e. The van der Waals surface area contributed by atoms with E-state index < -0.39 is 0 Å². The van der Waals surface area contributed by atoms with Gasteiger partial charge < -0.3 is 24.8 Å². The van der Waals surface area contributed by atoms with E-state index in [1.807, 2.05) is 42.8 Å². The Balaban J connectivity index is 2.02. The summed E-state index contributed by atoms with van der Waals surface area (Å²) in [6.45, 7) is 11.0. The van der Waals surface area contributed by atoms with Crippen molar-refractivity contribution in [1.82, 2.24) is 20.4 Å². The van der Waals surface area contributed by atoms with E-state index >= 15 is 0 Å². The summed E-state index contributed by atoms with van der Waals surface area (Å²) in [5.74, 6) is 1.62. The molecule has 2 rings (SSSR count). The molecule has 0 aliphatic heterocycles. The van der Waals surface area contributed by atoms with Crippen molar-refractivity contribution in [2.75, 3.05) is 40.6 Å². The van der Waals surface area contributed by atoms with Gasteiger partial charge in [0.1, 0.15) is 5.75 Å².